The number of sulfonamides is 1. The standard InChI is InChI=1S/C20H28N2O3S/c23-19(21-13-7-8-14-21)18-15-22(16-20(18)11-5-2-6-12-20)26(24,25)17-9-3-1-4-10-17/h1,3-4,9-10,18H,2,5-8,11-16H2/t18-/m1/s1. The highest BCUT2D eigenvalue weighted by Gasteiger charge is 2.54. The molecule has 1 saturated carbocycles. The maximum atomic E-state index is 13.2. The topological polar surface area (TPSA) is 57.7 Å². The zero-order valence-electron chi connectivity index (χ0n) is 15.3. The minimum Gasteiger partial charge on any atom is -0.342 e. The number of benzene rings is 1. The van der Waals surface area contributed by atoms with Crippen LogP contribution in [0.15, 0.2) is 35.2 Å². The van der Waals surface area contributed by atoms with Gasteiger partial charge in [0.25, 0.3) is 0 Å². The first-order valence-corrected chi connectivity index (χ1v) is 11.3. The molecule has 6 heteroatoms. The van der Waals surface area contributed by atoms with Crippen molar-refractivity contribution in [2.45, 2.75) is 49.8 Å². The number of amides is 1. The molecule has 3 aliphatic rings. The summed E-state index contributed by atoms with van der Waals surface area (Å²) in [7, 11) is -3.54. The van der Waals surface area contributed by atoms with Gasteiger partial charge in [-0.25, -0.2) is 8.42 Å². The predicted octanol–water partition coefficient (Wildman–Crippen LogP) is 2.88. The largest absolute Gasteiger partial charge is 0.342 e. The third kappa shape index (κ3) is 3.07. The third-order valence-corrected chi connectivity index (χ3v) is 8.39. The average Bonchev–Trinajstić information content (AvgIpc) is 3.32. The quantitative estimate of drug-likeness (QED) is 0.815. The number of nitrogens with zero attached hydrogens (tertiary/aromatic N) is 2. The molecule has 5 nitrogen and oxygen atoms in total. The number of likely N-dealkylation sites (tertiary alicyclic amines) is 1. The van der Waals surface area contributed by atoms with Crippen LogP contribution in [-0.2, 0) is 14.8 Å². The number of carbonyl (C=O) groups is 1. The van der Waals surface area contributed by atoms with E-state index in [-0.39, 0.29) is 17.2 Å². The van der Waals surface area contributed by atoms with E-state index in [9.17, 15) is 13.2 Å². The van der Waals surface area contributed by atoms with Gasteiger partial charge < -0.3 is 4.90 Å². The van der Waals surface area contributed by atoms with Crippen LogP contribution in [0.4, 0.5) is 0 Å². The second-order valence-electron chi connectivity index (χ2n) is 8.12. The molecule has 0 bridgehead atoms. The summed E-state index contributed by atoms with van der Waals surface area (Å²) in [5.74, 6) is 0.00884. The second kappa shape index (κ2) is 6.97. The normalized spacial score (nSPS) is 26.5. The van der Waals surface area contributed by atoms with Gasteiger partial charge in [-0.05, 0) is 43.2 Å². The molecular weight excluding hydrogens is 348 g/mol. The molecule has 2 heterocycles. The van der Waals surface area contributed by atoms with E-state index in [1.807, 2.05) is 11.0 Å². The summed E-state index contributed by atoms with van der Waals surface area (Å²) in [5.41, 5.74) is -0.167. The van der Waals surface area contributed by atoms with Crippen LogP contribution in [0.25, 0.3) is 0 Å². The van der Waals surface area contributed by atoms with E-state index in [0.29, 0.717) is 18.0 Å². The highest BCUT2D eigenvalue weighted by Crippen LogP contribution is 2.49. The molecule has 1 atom stereocenters. The van der Waals surface area contributed by atoms with Gasteiger partial charge in [0.2, 0.25) is 15.9 Å². The van der Waals surface area contributed by atoms with Crippen LogP contribution in [-0.4, -0.2) is 49.7 Å². The Kier molecular flexibility index (Phi) is 4.82. The van der Waals surface area contributed by atoms with Crippen molar-refractivity contribution in [1.29, 1.82) is 0 Å². The lowest BCUT2D eigenvalue weighted by atomic mass is 9.67. The smallest absolute Gasteiger partial charge is 0.243 e. The van der Waals surface area contributed by atoms with Gasteiger partial charge >= 0.3 is 0 Å². The molecule has 0 radical (unpaired) electrons. The summed E-state index contributed by atoms with van der Waals surface area (Å²) < 4.78 is 27.9. The zero-order valence-corrected chi connectivity index (χ0v) is 16.1. The van der Waals surface area contributed by atoms with Gasteiger partial charge in [-0.2, -0.15) is 4.31 Å². The van der Waals surface area contributed by atoms with E-state index < -0.39 is 10.0 Å². The number of rotatable bonds is 3. The Labute approximate surface area is 156 Å². The molecule has 1 aromatic rings. The zero-order chi connectivity index (χ0) is 18.2. The van der Waals surface area contributed by atoms with Gasteiger partial charge in [0.1, 0.15) is 0 Å². The Morgan fingerprint density at radius 3 is 2.27 bits per heavy atom. The Hall–Kier alpha value is -1.40. The highest BCUT2D eigenvalue weighted by atomic mass is 32.2. The predicted molar refractivity (Wildman–Crippen MR) is 100 cm³/mol. The van der Waals surface area contributed by atoms with Crippen molar-refractivity contribution in [2.24, 2.45) is 11.3 Å². The van der Waals surface area contributed by atoms with Crippen LogP contribution in [0.3, 0.4) is 0 Å². The molecule has 0 aromatic heterocycles. The Morgan fingerprint density at radius 2 is 1.62 bits per heavy atom. The van der Waals surface area contributed by atoms with Crippen molar-refractivity contribution in [3.05, 3.63) is 30.3 Å². The van der Waals surface area contributed by atoms with E-state index in [2.05, 4.69) is 0 Å². The van der Waals surface area contributed by atoms with Gasteiger partial charge in [-0.1, -0.05) is 37.5 Å². The molecule has 2 saturated heterocycles. The van der Waals surface area contributed by atoms with Gasteiger partial charge in [-0.3, -0.25) is 4.79 Å². The van der Waals surface area contributed by atoms with Crippen LogP contribution in [0, 0.1) is 11.3 Å². The monoisotopic (exact) mass is 376 g/mol. The Morgan fingerprint density at radius 1 is 0.962 bits per heavy atom. The van der Waals surface area contributed by atoms with Gasteiger partial charge in [0.05, 0.1) is 10.8 Å². The van der Waals surface area contributed by atoms with Crippen LogP contribution in [0.1, 0.15) is 44.9 Å². The fourth-order valence-electron chi connectivity index (χ4n) is 5.11. The second-order valence-corrected chi connectivity index (χ2v) is 10.1. The molecule has 1 amide bonds. The van der Waals surface area contributed by atoms with E-state index in [0.717, 1.165) is 51.6 Å². The lowest BCUT2D eigenvalue weighted by molar-refractivity contribution is -0.138. The Bertz CT molecular complexity index is 751. The summed E-state index contributed by atoms with van der Waals surface area (Å²) in [6, 6.07) is 8.64. The Balaban J connectivity index is 1.64. The summed E-state index contributed by atoms with van der Waals surface area (Å²) in [5, 5.41) is 0. The third-order valence-electron chi connectivity index (χ3n) is 6.56. The van der Waals surface area contributed by atoms with Gasteiger partial charge in [-0.15, -0.1) is 0 Å². The SMILES string of the molecule is O=C([C@H]1CN(S(=O)(=O)c2ccccc2)CC12CCCCC2)N1CCCC1. The lowest BCUT2D eigenvalue weighted by Crippen LogP contribution is -2.43. The number of hydrogen-bond donors (Lipinski definition) is 0. The molecule has 1 aromatic carbocycles. The van der Waals surface area contributed by atoms with Crippen molar-refractivity contribution in [2.75, 3.05) is 26.2 Å². The van der Waals surface area contributed by atoms with Gasteiger partial charge in [0.15, 0.2) is 0 Å². The fraction of sp³-hybridized carbons (Fsp3) is 0.650. The first kappa shape index (κ1) is 18.0. The molecular formula is C20H28N2O3S. The molecule has 142 valence electrons. The van der Waals surface area contributed by atoms with Gasteiger partial charge in [0, 0.05) is 26.2 Å². The maximum absolute atomic E-state index is 13.2. The summed E-state index contributed by atoms with van der Waals surface area (Å²) >= 11 is 0. The van der Waals surface area contributed by atoms with Crippen molar-refractivity contribution in [3.8, 4) is 0 Å². The molecule has 1 aliphatic carbocycles. The van der Waals surface area contributed by atoms with E-state index in [4.69, 9.17) is 0 Å². The first-order chi connectivity index (χ1) is 12.5. The van der Waals surface area contributed by atoms with E-state index in [1.54, 1.807) is 28.6 Å². The average molecular weight is 377 g/mol. The molecule has 0 unspecified atom stereocenters. The number of carbonyl (C=O) groups excluding carboxylic acids is 1. The molecule has 2 aliphatic heterocycles. The summed E-state index contributed by atoms with van der Waals surface area (Å²) in [6.07, 6.45) is 7.47. The van der Waals surface area contributed by atoms with Crippen molar-refractivity contribution in [1.82, 2.24) is 9.21 Å². The summed E-state index contributed by atoms with van der Waals surface area (Å²) in [4.78, 5) is 15.5. The summed E-state index contributed by atoms with van der Waals surface area (Å²) in [6.45, 7) is 2.49. The van der Waals surface area contributed by atoms with E-state index >= 15 is 0 Å². The minimum atomic E-state index is -3.54. The van der Waals surface area contributed by atoms with Crippen LogP contribution >= 0.6 is 0 Å². The minimum absolute atomic E-state index is 0.167. The first-order valence-electron chi connectivity index (χ1n) is 9.87. The molecule has 0 N–H and O–H groups in total. The molecule has 1 spiro atoms. The van der Waals surface area contributed by atoms with E-state index in [1.165, 1.54) is 6.42 Å². The maximum Gasteiger partial charge on any atom is 0.243 e. The van der Waals surface area contributed by atoms with Crippen molar-refractivity contribution in [3.63, 3.8) is 0 Å². The number of hydrogen-bond acceptors (Lipinski definition) is 3. The molecule has 3 fully saturated rings. The van der Waals surface area contributed by atoms with Crippen molar-refractivity contribution < 1.29 is 13.2 Å². The van der Waals surface area contributed by atoms with Crippen LogP contribution < -0.4 is 0 Å². The van der Waals surface area contributed by atoms with Crippen LogP contribution in [0.2, 0.25) is 0 Å². The fourth-order valence-corrected chi connectivity index (χ4v) is 6.68. The highest BCUT2D eigenvalue weighted by molar-refractivity contribution is 7.89. The molecule has 26 heavy (non-hydrogen) atoms. The van der Waals surface area contributed by atoms with Crippen LogP contribution in [0.5, 0.6) is 0 Å². The lowest BCUT2D eigenvalue weighted by Gasteiger charge is -2.38. The van der Waals surface area contributed by atoms with Crippen molar-refractivity contribution >= 4 is 15.9 Å². The molecule has 4 rings (SSSR count).